The predicted octanol–water partition coefficient (Wildman–Crippen LogP) is 4.32. The third-order valence-electron chi connectivity index (χ3n) is 5.27. The molecule has 0 radical (unpaired) electrons. The lowest BCUT2D eigenvalue weighted by atomic mass is 9.92. The lowest BCUT2D eigenvalue weighted by Gasteiger charge is -2.20. The van der Waals surface area contributed by atoms with Gasteiger partial charge in [0.15, 0.2) is 0 Å². The van der Waals surface area contributed by atoms with Crippen LogP contribution in [0.4, 0.5) is 5.69 Å². The monoisotopic (exact) mass is 435 g/mol. The second-order valence-electron chi connectivity index (χ2n) is 7.12. The zero-order valence-corrected chi connectivity index (χ0v) is 18.3. The first-order valence-corrected chi connectivity index (χ1v) is 10.5. The van der Waals surface area contributed by atoms with Gasteiger partial charge in [-0.15, -0.1) is 0 Å². The Kier molecular flexibility index (Phi) is 7.14. The topological polar surface area (TPSA) is 103 Å². The van der Waals surface area contributed by atoms with Crippen molar-refractivity contribution in [3.05, 3.63) is 81.5 Å². The van der Waals surface area contributed by atoms with Gasteiger partial charge in [-0.05, 0) is 39.0 Å². The predicted molar refractivity (Wildman–Crippen MR) is 121 cm³/mol. The molecular formula is C24H25N3O5. The van der Waals surface area contributed by atoms with E-state index < -0.39 is 16.8 Å². The first-order chi connectivity index (χ1) is 15.4. The highest BCUT2D eigenvalue weighted by Gasteiger charge is 2.33. The summed E-state index contributed by atoms with van der Waals surface area (Å²) in [5, 5.41) is 12.8. The number of amides is 1. The van der Waals surface area contributed by atoms with Gasteiger partial charge in [0.1, 0.15) is 5.92 Å². The number of fused-ring (bicyclic) bond motifs is 1. The molecule has 0 aliphatic heterocycles. The van der Waals surface area contributed by atoms with Crippen molar-refractivity contribution in [1.29, 1.82) is 0 Å². The van der Waals surface area contributed by atoms with Crippen LogP contribution in [-0.4, -0.2) is 46.4 Å². The molecule has 1 unspecified atom stereocenters. The van der Waals surface area contributed by atoms with Gasteiger partial charge in [-0.1, -0.05) is 30.3 Å². The maximum atomic E-state index is 12.9. The van der Waals surface area contributed by atoms with Crippen LogP contribution in [0.2, 0.25) is 0 Å². The SMILES string of the molecule is CCOC(=O)C(c1ccc2ccccc2n1)c1ccc(C(=O)N(CC)CC)cc1[N+](=O)[O-]. The molecule has 1 heterocycles. The molecule has 32 heavy (non-hydrogen) atoms. The molecule has 1 amide bonds. The van der Waals surface area contributed by atoms with Gasteiger partial charge in [-0.2, -0.15) is 0 Å². The summed E-state index contributed by atoms with van der Waals surface area (Å²) in [6.07, 6.45) is 0. The first kappa shape index (κ1) is 22.9. The van der Waals surface area contributed by atoms with Crippen molar-refractivity contribution in [2.75, 3.05) is 19.7 Å². The van der Waals surface area contributed by atoms with Crippen molar-refractivity contribution in [3.63, 3.8) is 0 Å². The van der Waals surface area contributed by atoms with Gasteiger partial charge >= 0.3 is 5.97 Å². The number of nitro benzene ring substituents is 1. The number of pyridine rings is 1. The fraction of sp³-hybridized carbons (Fsp3) is 0.292. The van der Waals surface area contributed by atoms with Crippen LogP contribution in [0.3, 0.4) is 0 Å². The number of hydrogen-bond donors (Lipinski definition) is 0. The Labute approximate surface area is 186 Å². The number of aromatic nitrogens is 1. The van der Waals surface area contributed by atoms with E-state index in [0.29, 0.717) is 24.3 Å². The number of carbonyl (C=O) groups is 2. The molecule has 2 aromatic carbocycles. The smallest absolute Gasteiger partial charge is 0.319 e. The van der Waals surface area contributed by atoms with E-state index in [1.54, 1.807) is 24.0 Å². The molecule has 1 atom stereocenters. The standard InChI is InChI=1S/C24H25N3O5/c1-4-26(5-2)23(28)17-11-13-18(21(15-17)27(30)31)22(24(29)32-6-3)20-14-12-16-9-7-8-10-19(16)25-20/h7-15,22H,4-6H2,1-3H3. The Morgan fingerprint density at radius 3 is 2.44 bits per heavy atom. The zero-order chi connectivity index (χ0) is 23.3. The fourth-order valence-electron chi connectivity index (χ4n) is 3.65. The molecule has 0 saturated carbocycles. The van der Waals surface area contributed by atoms with Crippen molar-refractivity contribution in [2.24, 2.45) is 0 Å². The normalized spacial score (nSPS) is 11.7. The molecule has 166 valence electrons. The maximum absolute atomic E-state index is 12.9. The molecule has 0 aliphatic rings. The summed E-state index contributed by atoms with van der Waals surface area (Å²) in [4.78, 5) is 43.1. The number of ether oxygens (including phenoxy) is 1. The molecule has 0 saturated heterocycles. The molecule has 1 aromatic heterocycles. The van der Waals surface area contributed by atoms with Crippen LogP contribution in [0.1, 0.15) is 48.3 Å². The van der Waals surface area contributed by atoms with E-state index in [9.17, 15) is 19.7 Å². The molecule has 8 nitrogen and oxygen atoms in total. The minimum Gasteiger partial charge on any atom is -0.465 e. The number of nitrogens with zero attached hydrogens (tertiary/aromatic N) is 3. The molecule has 0 bridgehead atoms. The van der Waals surface area contributed by atoms with Crippen LogP contribution >= 0.6 is 0 Å². The average Bonchev–Trinajstić information content (AvgIpc) is 2.80. The summed E-state index contributed by atoms with van der Waals surface area (Å²) in [7, 11) is 0. The molecule has 8 heteroatoms. The van der Waals surface area contributed by atoms with Crippen LogP contribution in [0.15, 0.2) is 54.6 Å². The summed E-state index contributed by atoms with van der Waals surface area (Å²) < 4.78 is 5.23. The lowest BCUT2D eigenvalue weighted by molar-refractivity contribution is -0.385. The van der Waals surface area contributed by atoms with Gasteiger partial charge in [0.05, 0.1) is 28.3 Å². The minimum absolute atomic E-state index is 0.120. The summed E-state index contributed by atoms with van der Waals surface area (Å²) in [6, 6.07) is 15.1. The number of rotatable bonds is 8. The molecular weight excluding hydrogens is 410 g/mol. The van der Waals surface area contributed by atoms with E-state index in [1.165, 1.54) is 18.2 Å². The van der Waals surface area contributed by atoms with Gasteiger partial charge in [0.25, 0.3) is 11.6 Å². The van der Waals surface area contributed by atoms with Gasteiger partial charge in [-0.25, -0.2) is 0 Å². The molecule has 0 fully saturated rings. The Bertz CT molecular complexity index is 1160. The zero-order valence-electron chi connectivity index (χ0n) is 18.3. The second kappa shape index (κ2) is 10.00. The van der Waals surface area contributed by atoms with Gasteiger partial charge in [-0.3, -0.25) is 24.7 Å². The molecule has 3 aromatic rings. The number of carbonyl (C=O) groups excluding carboxylic acids is 2. The highest BCUT2D eigenvalue weighted by Crippen LogP contribution is 2.34. The largest absolute Gasteiger partial charge is 0.465 e. The van der Waals surface area contributed by atoms with E-state index in [-0.39, 0.29) is 29.3 Å². The van der Waals surface area contributed by atoms with Crippen LogP contribution in [0.25, 0.3) is 10.9 Å². The minimum atomic E-state index is -1.10. The van der Waals surface area contributed by atoms with Gasteiger partial charge < -0.3 is 9.64 Å². The van der Waals surface area contributed by atoms with Crippen molar-refractivity contribution in [3.8, 4) is 0 Å². The van der Waals surface area contributed by atoms with Crippen LogP contribution < -0.4 is 0 Å². The Morgan fingerprint density at radius 2 is 1.78 bits per heavy atom. The quantitative estimate of drug-likeness (QED) is 0.297. The summed E-state index contributed by atoms with van der Waals surface area (Å²) >= 11 is 0. The van der Waals surface area contributed by atoms with Crippen molar-refractivity contribution in [1.82, 2.24) is 9.88 Å². The van der Waals surface area contributed by atoms with Crippen molar-refractivity contribution >= 4 is 28.5 Å². The first-order valence-electron chi connectivity index (χ1n) is 10.5. The van der Waals surface area contributed by atoms with Crippen LogP contribution in [0.5, 0.6) is 0 Å². The third kappa shape index (κ3) is 4.59. The van der Waals surface area contributed by atoms with Gasteiger partial charge in [0.2, 0.25) is 0 Å². The maximum Gasteiger partial charge on any atom is 0.319 e. The Hall–Kier alpha value is -3.81. The molecule has 0 aliphatic carbocycles. The van der Waals surface area contributed by atoms with E-state index in [4.69, 9.17) is 4.74 Å². The van der Waals surface area contributed by atoms with Crippen molar-refractivity contribution < 1.29 is 19.2 Å². The number of esters is 1. The van der Waals surface area contributed by atoms with E-state index in [0.717, 1.165) is 5.39 Å². The molecule has 0 N–H and O–H groups in total. The van der Waals surface area contributed by atoms with Crippen LogP contribution in [0, 0.1) is 10.1 Å². The molecule has 0 spiro atoms. The summed E-state index contributed by atoms with van der Waals surface area (Å²) in [5.41, 5.74) is 1.00. The number of benzene rings is 2. The number of para-hydroxylation sites is 1. The summed E-state index contributed by atoms with van der Waals surface area (Å²) in [6.45, 7) is 6.44. The number of hydrogen-bond acceptors (Lipinski definition) is 6. The third-order valence-corrected chi connectivity index (χ3v) is 5.27. The van der Waals surface area contributed by atoms with E-state index >= 15 is 0 Å². The second-order valence-corrected chi connectivity index (χ2v) is 7.12. The summed E-state index contributed by atoms with van der Waals surface area (Å²) in [5.74, 6) is -2.04. The van der Waals surface area contributed by atoms with E-state index in [1.807, 2.05) is 38.1 Å². The lowest BCUT2D eigenvalue weighted by Crippen LogP contribution is -2.30. The van der Waals surface area contributed by atoms with Crippen molar-refractivity contribution in [2.45, 2.75) is 26.7 Å². The van der Waals surface area contributed by atoms with Gasteiger partial charge in [0, 0.05) is 30.1 Å². The van der Waals surface area contributed by atoms with Crippen LogP contribution in [-0.2, 0) is 9.53 Å². The number of nitro groups is 1. The highest BCUT2D eigenvalue weighted by atomic mass is 16.6. The fourth-order valence-corrected chi connectivity index (χ4v) is 3.65. The average molecular weight is 435 g/mol. The molecule has 3 rings (SSSR count). The highest BCUT2D eigenvalue weighted by molar-refractivity contribution is 5.95. The Morgan fingerprint density at radius 1 is 1.06 bits per heavy atom. The Balaban J connectivity index is 2.16. The van der Waals surface area contributed by atoms with E-state index in [2.05, 4.69) is 4.98 Å².